The number of benzene rings is 2. The lowest BCUT2D eigenvalue weighted by Gasteiger charge is -2.14. The smallest absolute Gasteiger partial charge is 0.346 e. The molecule has 4 rings (SSSR count). The summed E-state index contributed by atoms with van der Waals surface area (Å²) < 4.78 is 2.05. The SMILES string of the molecule is Cc1ccc(-n2nc(C(=O)NCc3cccnc3)c(=O)n(Cc3ccccc3Cl)c2=O)cc1C. The van der Waals surface area contributed by atoms with Gasteiger partial charge in [-0.05, 0) is 60.4 Å². The fraction of sp³-hybridized carbons (Fsp3) is 0.160. The molecule has 2 aromatic heterocycles. The summed E-state index contributed by atoms with van der Waals surface area (Å²) in [6.07, 6.45) is 3.24. The number of hydrogen-bond acceptors (Lipinski definition) is 5. The molecule has 2 heterocycles. The lowest BCUT2D eigenvalue weighted by Crippen LogP contribution is -2.46. The number of halogens is 1. The first-order valence-electron chi connectivity index (χ1n) is 10.6. The van der Waals surface area contributed by atoms with Crippen LogP contribution < -0.4 is 16.6 Å². The standard InChI is InChI=1S/C25H22ClN5O3/c1-16-9-10-20(12-17(16)2)31-25(34)30(15-19-7-3-4-8-21(19)26)24(33)22(29-31)23(32)28-14-18-6-5-11-27-13-18/h3-13H,14-15H2,1-2H3,(H,28,32). The van der Waals surface area contributed by atoms with E-state index < -0.39 is 22.9 Å². The average Bonchev–Trinajstić information content (AvgIpc) is 2.84. The van der Waals surface area contributed by atoms with Crippen LogP contribution in [-0.4, -0.2) is 25.2 Å². The molecule has 4 aromatic rings. The molecule has 0 spiro atoms. The second-order valence-electron chi connectivity index (χ2n) is 7.84. The number of amides is 1. The highest BCUT2D eigenvalue weighted by Gasteiger charge is 2.21. The Hall–Kier alpha value is -4.04. The zero-order valence-corrected chi connectivity index (χ0v) is 19.4. The molecule has 1 amide bonds. The van der Waals surface area contributed by atoms with Crippen LogP contribution in [0.4, 0.5) is 0 Å². The van der Waals surface area contributed by atoms with E-state index in [0.717, 1.165) is 25.9 Å². The van der Waals surface area contributed by atoms with E-state index >= 15 is 0 Å². The van der Waals surface area contributed by atoms with Crippen LogP contribution in [0, 0.1) is 13.8 Å². The summed E-state index contributed by atoms with van der Waals surface area (Å²) >= 11 is 6.27. The molecule has 0 radical (unpaired) electrons. The molecule has 0 aliphatic heterocycles. The lowest BCUT2D eigenvalue weighted by atomic mass is 10.1. The summed E-state index contributed by atoms with van der Waals surface area (Å²) in [6, 6.07) is 15.8. The third-order valence-corrected chi connectivity index (χ3v) is 5.84. The van der Waals surface area contributed by atoms with Crippen molar-refractivity contribution in [1.29, 1.82) is 0 Å². The molecule has 0 aliphatic carbocycles. The fourth-order valence-corrected chi connectivity index (χ4v) is 3.58. The number of nitrogens with zero attached hydrogens (tertiary/aromatic N) is 4. The molecular weight excluding hydrogens is 454 g/mol. The minimum absolute atomic E-state index is 0.104. The average molecular weight is 476 g/mol. The number of pyridine rings is 1. The molecule has 0 saturated heterocycles. The van der Waals surface area contributed by atoms with Gasteiger partial charge in [0.25, 0.3) is 11.5 Å². The number of nitrogens with one attached hydrogen (secondary N) is 1. The van der Waals surface area contributed by atoms with Gasteiger partial charge in [-0.3, -0.25) is 19.1 Å². The molecule has 172 valence electrons. The van der Waals surface area contributed by atoms with E-state index in [-0.39, 0.29) is 13.1 Å². The number of carbonyl (C=O) groups excluding carboxylic acids is 1. The molecule has 0 fully saturated rings. The highest BCUT2D eigenvalue weighted by atomic mass is 35.5. The van der Waals surface area contributed by atoms with Gasteiger partial charge in [0.1, 0.15) is 0 Å². The summed E-state index contributed by atoms with van der Waals surface area (Å²) in [5, 5.41) is 7.25. The molecule has 0 bridgehead atoms. The summed E-state index contributed by atoms with van der Waals surface area (Å²) in [7, 11) is 0. The summed E-state index contributed by atoms with van der Waals surface area (Å²) in [4.78, 5) is 43.6. The maximum absolute atomic E-state index is 13.3. The second-order valence-corrected chi connectivity index (χ2v) is 8.25. The quantitative estimate of drug-likeness (QED) is 0.462. The van der Waals surface area contributed by atoms with E-state index in [1.807, 2.05) is 19.9 Å². The Kier molecular flexibility index (Phi) is 6.70. The van der Waals surface area contributed by atoms with Gasteiger partial charge >= 0.3 is 5.69 Å². The molecule has 1 N–H and O–H groups in total. The van der Waals surface area contributed by atoms with Gasteiger partial charge in [0.2, 0.25) is 5.69 Å². The van der Waals surface area contributed by atoms with Gasteiger partial charge in [-0.15, -0.1) is 0 Å². The van der Waals surface area contributed by atoms with E-state index in [2.05, 4.69) is 15.4 Å². The Bertz CT molecular complexity index is 1480. The molecule has 0 aliphatic rings. The van der Waals surface area contributed by atoms with Gasteiger partial charge < -0.3 is 5.32 Å². The van der Waals surface area contributed by atoms with E-state index in [0.29, 0.717) is 16.3 Å². The van der Waals surface area contributed by atoms with Crippen molar-refractivity contribution in [3.63, 3.8) is 0 Å². The van der Waals surface area contributed by atoms with Gasteiger partial charge in [0.15, 0.2) is 0 Å². The number of aryl methyl sites for hydroxylation is 2. The van der Waals surface area contributed by atoms with Gasteiger partial charge in [0, 0.05) is 24.0 Å². The normalized spacial score (nSPS) is 10.8. The Morgan fingerprint density at radius 1 is 1.03 bits per heavy atom. The molecule has 2 aromatic carbocycles. The van der Waals surface area contributed by atoms with Crippen molar-refractivity contribution in [2.45, 2.75) is 26.9 Å². The van der Waals surface area contributed by atoms with Gasteiger partial charge in [0.05, 0.1) is 12.2 Å². The minimum atomic E-state index is -0.798. The van der Waals surface area contributed by atoms with Crippen LogP contribution in [0.2, 0.25) is 5.02 Å². The summed E-state index contributed by atoms with van der Waals surface area (Å²) in [6.45, 7) is 3.91. The fourth-order valence-electron chi connectivity index (χ4n) is 3.39. The predicted octanol–water partition coefficient (Wildman–Crippen LogP) is 3.04. The van der Waals surface area contributed by atoms with Crippen LogP contribution in [-0.2, 0) is 13.1 Å². The summed E-state index contributed by atoms with van der Waals surface area (Å²) in [5.41, 5.74) is 1.90. The minimum Gasteiger partial charge on any atom is -0.346 e. The third kappa shape index (κ3) is 4.82. The zero-order valence-electron chi connectivity index (χ0n) is 18.7. The first-order valence-corrected chi connectivity index (χ1v) is 11.0. The van der Waals surface area contributed by atoms with E-state index in [1.54, 1.807) is 60.9 Å². The maximum Gasteiger partial charge on any atom is 0.352 e. The molecule has 0 saturated carbocycles. The van der Waals surface area contributed by atoms with E-state index in [1.165, 1.54) is 0 Å². The van der Waals surface area contributed by atoms with Crippen LogP contribution in [0.3, 0.4) is 0 Å². The van der Waals surface area contributed by atoms with Crippen molar-refractivity contribution < 1.29 is 4.79 Å². The number of rotatable bonds is 6. The van der Waals surface area contributed by atoms with Crippen molar-refractivity contribution >= 4 is 17.5 Å². The monoisotopic (exact) mass is 475 g/mol. The zero-order chi connectivity index (χ0) is 24.2. The molecular formula is C25H22ClN5O3. The molecule has 9 heteroatoms. The number of carbonyl (C=O) groups is 1. The van der Waals surface area contributed by atoms with Crippen LogP contribution in [0.1, 0.15) is 32.7 Å². The van der Waals surface area contributed by atoms with Crippen molar-refractivity contribution in [1.82, 2.24) is 24.6 Å². The Labute approximate surface area is 200 Å². The highest BCUT2D eigenvalue weighted by Crippen LogP contribution is 2.16. The van der Waals surface area contributed by atoms with Crippen LogP contribution >= 0.6 is 11.6 Å². The first-order chi connectivity index (χ1) is 16.3. The van der Waals surface area contributed by atoms with Crippen molar-refractivity contribution in [3.05, 3.63) is 121 Å². The number of hydrogen-bond donors (Lipinski definition) is 1. The molecule has 0 atom stereocenters. The van der Waals surface area contributed by atoms with Gasteiger partial charge in [-0.25, -0.2) is 4.79 Å². The first kappa shape index (κ1) is 23.1. The van der Waals surface area contributed by atoms with E-state index in [4.69, 9.17) is 11.6 Å². The summed E-state index contributed by atoms with van der Waals surface area (Å²) in [5.74, 6) is -0.695. The topological polar surface area (TPSA) is 98.9 Å². The van der Waals surface area contributed by atoms with Crippen molar-refractivity contribution in [2.75, 3.05) is 0 Å². The number of aromatic nitrogens is 4. The predicted molar refractivity (Wildman–Crippen MR) is 130 cm³/mol. The Balaban J connectivity index is 1.82. The van der Waals surface area contributed by atoms with Crippen molar-refractivity contribution in [2.24, 2.45) is 0 Å². The molecule has 0 unspecified atom stereocenters. The van der Waals surface area contributed by atoms with Crippen LogP contribution in [0.15, 0.2) is 76.6 Å². The lowest BCUT2D eigenvalue weighted by molar-refractivity contribution is 0.0941. The molecule has 34 heavy (non-hydrogen) atoms. The Morgan fingerprint density at radius 2 is 1.82 bits per heavy atom. The van der Waals surface area contributed by atoms with E-state index in [9.17, 15) is 14.4 Å². The molecule has 8 nitrogen and oxygen atoms in total. The van der Waals surface area contributed by atoms with Crippen LogP contribution in [0.25, 0.3) is 5.69 Å². The third-order valence-electron chi connectivity index (χ3n) is 5.47. The maximum atomic E-state index is 13.3. The van der Waals surface area contributed by atoms with Crippen LogP contribution in [0.5, 0.6) is 0 Å². The van der Waals surface area contributed by atoms with Gasteiger partial charge in [-0.2, -0.15) is 9.78 Å². The second kappa shape index (κ2) is 9.84. The van der Waals surface area contributed by atoms with Crippen molar-refractivity contribution in [3.8, 4) is 5.69 Å². The van der Waals surface area contributed by atoms with Gasteiger partial charge in [-0.1, -0.05) is 41.9 Å². The largest absolute Gasteiger partial charge is 0.352 e. The Morgan fingerprint density at radius 3 is 2.53 bits per heavy atom. The highest BCUT2D eigenvalue weighted by molar-refractivity contribution is 6.31.